The van der Waals surface area contributed by atoms with E-state index in [1.807, 2.05) is 31.2 Å². The Labute approximate surface area is 147 Å². The number of amides is 1. The number of halogens is 2. The van der Waals surface area contributed by atoms with Crippen molar-refractivity contribution in [2.45, 2.75) is 6.92 Å². The Hall–Kier alpha value is -2.05. The second-order valence-electron chi connectivity index (χ2n) is 4.79. The fourth-order valence-electron chi connectivity index (χ4n) is 1.84. The van der Waals surface area contributed by atoms with Gasteiger partial charge in [0.25, 0.3) is 5.91 Å². The Morgan fingerprint density at radius 3 is 2.87 bits per heavy atom. The standard InChI is InChI=1S/C16H15BrClN3O2/c1-10-4-2-3-5-14(10)19-9-15(22)21-20-8-11-6-12(17)7-13(18)16(11)23/h2-8,19,23H,9H2,1H3,(H,21,22)/b20-8-. The van der Waals surface area contributed by atoms with Crippen LogP contribution in [0.2, 0.25) is 5.02 Å². The lowest BCUT2D eigenvalue weighted by Crippen LogP contribution is -2.26. The van der Waals surface area contributed by atoms with Gasteiger partial charge in [-0.05, 0) is 30.7 Å². The molecule has 120 valence electrons. The summed E-state index contributed by atoms with van der Waals surface area (Å²) in [6.45, 7) is 2.05. The van der Waals surface area contributed by atoms with Gasteiger partial charge in [0.1, 0.15) is 5.75 Å². The molecule has 0 unspecified atom stereocenters. The third-order valence-corrected chi connectivity index (χ3v) is 3.78. The third-order valence-electron chi connectivity index (χ3n) is 3.04. The van der Waals surface area contributed by atoms with Gasteiger partial charge in [-0.1, -0.05) is 45.7 Å². The number of rotatable bonds is 5. The molecule has 0 aliphatic rings. The van der Waals surface area contributed by atoms with E-state index in [2.05, 4.69) is 31.8 Å². The third kappa shape index (κ3) is 4.97. The van der Waals surface area contributed by atoms with E-state index in [4.69, 9.17) is 11.6 Å². The zero-order chi connectivity index (χ0) is 16.8. The summed E-state index contributed by atoms with van der Waals surface area (Å²) < 4.78 is 0.703. The molecule has 1 amide bonds. The monoisotopic (exact) mass is 395 g/mol. The summed E-state index contributed by atoms with van der Waals surface area (Å²) in [7, 11) is 0. The van der Waals surface area contributed by atoms with Crippen molar-refractivity contribution in [1.82, 2.24) is 5.43 Å². The number of hydrogen-bond acceptors (Lipinski definition) is 4. The maximum Gasteiger partial charge on any atom is 0.259 e. The number of carbonyl (C=O) groups is 1. The van der Waals surface area contributed by atoms with E-state index in [1.165, 1.54) is 6.21 Å². The molecule has 7 heteroatoms. The number of para-hydroxylation sites is 1. The van der Waals surface area contributed by atoms with Crippen LogP contribution in [-0.2, 0) is 4.79 Å². The van der Waals surface area contributed by atoms with Crippen LogP contribution in [-0.4, -0.2) is 23.8 Å². The highest BCUT2D eigenvalue weighted by atomic mass is 79.9. The number of benzene rings is 2. The maximum absolute atomic E-state index is 11.8. The first-order valence-corrected chi connectivity index (χ1v) is 7.94. The van der Waals surface area contributed by atoms with Gasteiger partial charge in [0.2, 0.25) is 0 Å². The molecule has 0 aliphatic heterocycles. The molecule has 23 heavy (non-hydrogen) atoms. The Morgan fingerprint density at radius 1 is 1.39 bits per heavy atom. The van der Waals surface area contributed by atoms with Crippen LogP contribution >= 0.6 is 27.5 Å². The topological polar surface area (TPSA) is 73.7 Å². The van der Waals surface area contributed by atoms with Crippen LogP contribution in [0.4, 0.5) is 5.69 Å². The van der Waals surface area contributed by atoms with Gasteiger partial charge in [0.05, 0.1) is 17.8 Å². The molecule has 5 nitrogen and oxygen atoms in total. The van der Waals surface area contributed by atoms with Crippen molar-refractivity contribution in [3.05, 3.63) is 57.0 Å². The highest BCUT2D eigenvalue weighted by Gasteiger charge is 2.06. The van der Waals surface area contributed by atoms with Crippen LogP contribution in [0.1, 0.15) is 11.1 Å². The van der Waals surface area contributed by atoms with Crippen LogP contribution in [0.3, 0.4) is 0 Å². The van der Waals surface area contributed by atoms with Crippen molar-refractivity contribution in [2.24, 2.45) is 5.10 Å². The smallest absolute Gasteiger partial charge is 0.259 e. The molecule has 0 aromatic heterocycles. The largest absolute Gasteiger partial charge is 0.506 e. The summed E-state index contributed by atoms with van der Waals surface area (Å²) in [5, 5.41) is 16.8. The molecule has 0 spiro atoms. The fourth-order valence-corrected chi connectivity index (χ4v) is 2.68. The molecule has 0 saturated carbocycles. The number of carbonyl (C=O) groups excluding carboxylic acids is 1. The number of phenolic OH excluding ortho intramolecular Hbond substituents is 1. The molecule has 0 atom stereocenters. The zero-order valence-electron chi connectivity index (χ0n) is 12.3. The van der Waals surface area contributed by atoms with Gasteiger partial charge >= 0.3 is 0 Å². The van der Waals surface area contributed by atoms with Crippen molar-refractivity contribution >= 4 is 45.3 Å². The molecule has 2 aromatic rings. The van der Waals surface area contributed by atoms with Crippen molar-refractivity contribution in [2.75, 3.05) is 11.9 Å². The van der Waals surface area contributed by atoms with Gasteiger partial charge in [-0.15, -0.1) is 0 Å². The summed E-state index contributed by atoms with van der Waals surface area (Å²) in [6.07, 6.45) is 1.33. The molecule has 0 radical (unpaired) electrons. The molecule has 0 aliphatic carbocycles. The molecule has 2 aromatic carbocycles. The Bertz CT molecular complexity index is 750. The summed E-state index contributed by atoms with van der Waals surface area (Å²) in [6, 6.07) is 10.9. The average Bonchev–Trinajstić information content (AvgIpc) is 2.51. The maximum atomic E-state index is 11.8. The van der Waals surface area contributed by atoms with Gasteiger partial charge in [0.15, 0.2) is 0 Å². The van der Waals surface area contributed by atoms with Crippen LogP contribution in [0.25, 0.3) is 0 Å². The lowest BCUT2D eigenvalue weighted by Gasteiger charge is -2.08. The van der Waals surface area contributed by atoms with E-state index in [-0.39, 0.29) is 23.2 Å². The van der Waals surface area contributed by atoms with E-state index >= 15 is 0 Å². The van der Waals surface area contributed by atoms with Crippen molar-refractivity contribution in [3.8, 4) is 5.75 Å². The van der Waals surface area contributed by atoms with E-state index in [9.17, 15) is 9.90 Å². The van der Waals surface area contributed by atoms with Gasteiger partial charge in [0, 0.05) is 15.7 Å². The zero-order valence-corrected chi connectivity index (χ0v) is 14.6. The van der Waals surface area contributed by atoms with Crippen molar-refractivity contribution < 1.29 is 9.90 Å². The Kier molecular flexibility index (Phi) is 6.01. The van der Waals surface area contributed by atoms with Crippen LogP contribution in [0, 0.1) is 6.92 Å². The van der Waals surface area contributed by atoms with Crippen molar-refractivity contribution in [3.63, 3.8) is 0 Å². The summed E-state index contributed by atoms with van der Waals surface area (Å²) in [5.41, 5.74) is 4.73. The van der Waals surface area contributed by atoms with Crippen LogP contribution in [0.15, 0.2) is 46.0 Å². The molecule has 0 heterocycles. The van der Waals surface area contributed by atoms with Crippen LogP contribution < -0.4 is 10.7 Å². The van der Waals surface area contributed by atoms with Gasteiger partial charge < -0.3 is 10.4 Å². The van der Waals surface area contributed by atoms with Gasteiger partial charge in [-0.25, -0.2) is 5.43 Å². The SMILES string of the molecule is Cc1ccccc1NCC(=O)N/N=C\c1cc(Br)cc(Cl)c1O. The molecular formula is C16H15BrClN3O2. The quantitative estimate of drug-likeness (QED) is 0.533. The van der Waals surface area contributed by atoms with Gasteiger partial charge in [-0.2, -0.15) is 5.10 Å². The second kappa shape index (κ2) is 7.99. The Morgan fingerprint density at radius 2 is 2.13 bits per heavy atom. The molecular weight excluding hydrogens is 382 g/mol. The predicted molar refractivity (Wildman–Crippen MR) is 96.2 cm³/mol. The van der Waals surface area contributed by atoms with E-state index in [0.717, 1.165) is 11.3 Å². The first-order chi connectivity index (χ1) is 11.0. The lowest BCUT2D eigenvalue weighted by atomic mass is 10.2. The molecule has 3 N–H and O–H groups in total. The molecule has 0 bridgehead atoms. The lowest BCUT2D eigenvalue weighted by molar-refractivity contribution is -0.119. The molecule has 0 fully saturated rings. The summed E-state index contributed by atoms with van der Waals surface area (Å²) >= 11 is 9.12. The first-order valence-electron chi connectivity index (χ1n) is 6.77. The van der Waals surface area contributed by atoms with Crippen LogP contribution in [0.5, 0.6) is 5.75 Å². The Balaban J connectivity index is 1.91. The summed E-state index contributed by atoms with van der Waals surface area (Å²) in [5.74, 6) is -0.393. The fraction of sp³-hybridized carbons (Fsp3) is 0.125. The highest BCUT2D eigenvalue weighted by Crippen LogP contribution is 2.30. The first kappa shape index (κ1) is 17.3. The number of nitrogens with one attached hydrogen (secondary N) is 2. The molecule has 0 saturated heterocycles. The van der Waals surface area contributed by atoms with Gasteiger partial charge in [-0.3, -0.25) is 4.79 Å². The molecule has 2 rings (SSSR count). The summed E-state index contributed by atoms with van der Waals surface area (Å²) in [4.78, 5) is 11.8. The highest BCUT2D eigenvalue weighted by molar-refractivity contribution is 9.10. The number of aromatic hydroxyl groups is 1. The minimum atomic E-state index is -0.301. The number of aryl methyl sites for hydroxylation is 1. The van der Waals surface area contributed by atoms with Crippen molar-refractivity contribution in [1.29, 1.82) is 0 Å². The number of hydrogen-bond donors (Lipinski definition) is 3. The minimum Gasteiger partial charge on any atom is -0.506 e. The normalized spacial score (nSPS) is 10.7. The minimum absolute atomic E-state index is 0.0907. The second-order valence-corrected chi connectivity index (χ2v) is 6.11. The number of phenols is 1. The van der Waals surface area contributed by atoms with E-state index in [1.54, 1.807) is 12.1 Å². The number of anilines is 1. The van der Waals surface area contributed by atoms with E-state index < -0.39 is 0 Å². The van der Waals surface area contributed by atoms with E-state index in [0.29, 0.717) is 10.0 Å². The average molecular weight is 397 g/mol. The number of nitrogens with zero attached hydrogens (tertiary/aromatic N) is 1. The predicted octanol–water partition coefficient (Wildman–Crippen LogP) is 3.68. The number of hydrazone groups is 1.